The van der Waals surface area contributed by atoms with Gasteiger partial charge in [-0.2, -0.15) is 0 Å². The fourth-order valence-electron chi connectivity index (χ4n) is 4.12. The lowest BCUT2D eigenvalue weighted by Crippen LogP contribution is -2.43. The van der Waals surface area contributed by atoms with Crippen molar-refractivity contribution in [2.45, 2.75) is 58.6 Å². The zero-order valence-corrected chi connectivity index (χ0v) is 14.9. The Bertz CT molecular complexity index is 582. The first-order valence-electron chi connectivity index (χ1n) is 8.93. The lowest BCUT2D eigenvalue weighted by molar-refractivity contribution is 0.0873. The van der Waals surface area contributed by atoms with Crippen LogP contribution in [-0.2, 0) is 4.74 Å². The number of nitrogens with one attached hydrogen (secondary N) is 1. The SMILES string of the molecule is CC1CC(NC(=O)c2ccnc(OC3CCOC3)c2)CC(C)(C)C1. The number of hydrogen-bond acceptors (Lipinski definition) is 4. The van der Waals surface area contributed by atoms with E-state index in [2.05, 4.69) is 31.1 Å². The second kappa shape index (κ2) is 7.09. The molecule has 0 radical (unpaired) electrons. The van der Waals surface area contributed by atoms with Crippen molar-refractivity contribution in [3.05, 3.63) is 23.9 Å². The summed E-state index contributed by atoms with van der Waals surface area (Å²) in [6.45, 7) is 8.14. The summed E-state index contributed by atoms with van der Waals surface area (Å²) in [5, 5.41) is 3.20. The third kappa shape index (κ3) is 4.47. The summed E-state index contributed by atoms with van der Waals surface area (Å²) in [4.78, 5) is 16.8. The van der Waals surface area contributed by atoms with Gasteiger partial charge < -0.3 is 14.8 Å². The first-order chi connectivity index (χ1) is 11.4. The molecule has 2 fully saturated rings. The molecule has 0 spiro atoms. The zero-order chi connectivity index (χ0) is 17.2. The number of aromatic nitrogens is 1. The number of carbonyl (C=O) groups is 1. The summed E-state index contributed by atoms with van der Waals surface area (Å²) in [5.74, 6) is 1.09. The molecule has 1 aliphatic carbocycles. The largest absolute Gasteiger partial charge is 0.472 e. The minimum Gasteiger partial charge on any atom is -0.472 e. The summed E-state index contributed by atoms with van der Waals surface area (Å²) < 4.78 is 11.1. The molecule has 0 aromatic carbocycles. The van der Waals surface area contributed by atoms with E-state index in [9.17, 15) is 4.79 Å². The van der Waals surface area contributed by atoms with Gasteiger partial charge in [-0.15, -0.1) is 0 Å². The van der Waals surface area contributed by atoms with Gasteiger partial charge >= 0.3 is 0 Å². The Balaban J connectivity index is 1.62. The van der Waals surface area contributed by atoms with Crippen LogP contribution in [0.5, 0.6) is 5.88 Å². The predicted molar refractivity (Wildman–Crippen MR) is 92.1 cm³/mol. The first kappa shape index (κ1) is 17.2. The van der Waals surface area contributed by atoms with Crippen molar-refractivity contribution in [2.75, 3.05) is 13.2 Å². The van der Waals surface area contributed by atoms with Crippen LogP contribution in [0, 0.1) is 11.3 Å². The van der Waals surface area contributed by atoms with Gasteiger partial charge in [0.25, 0.3) is 5.91 Å². The van der Waals surface area contributed by atoms with Crippen LogP contribution in [0.15, 0.2) is 18.3 Å². The molecule has 2 aliphatic rings. The number of pyridine rings is 1. The lowest BCUT2D eigenvalue weighted by Gasteiger charge is -2.39. The molecule has 1 N–H and O–H groups in total. The topological polar surface area (TPSA) is 60.5 Å². The third-order valence-corrected chi connectivity index (χ3v) is 4.89. The second-order valence-electron chi connectivity index (χ2n) is 8.07. The highest BCUT2D eigenvalue weighted by Gasteiger charge is 2.32. The fourth-order valence-corrected chi connectivity index (χ4v) is 4.12. The maximum Gasteiger partial charge on any atom is 0.251 e. The molecule has 1 aromatic rings. The van der Waals surface area contributed by atoms with E-state index >= 15 is 0 Å². The smallest absolute Gasteiger partial charge is 0.251 e. The Kier molecular flexibility index (Phi) is 5.09. The standard InChI is InChI=1S/C19H28N2O3/c1-13-8-15(11-19(2,3)10-13)21-18(22)14-4-6-20-17(9-14)24-16-5-7-23-12-16/h4,6,9,13,15-16H,5,7-8,10-12H2,1-3H3,(H,21,22). The summed E-state index contributed by atoms with van der Waals surface area (Å²) in [7, 11) is 0. The Labute approximate surface area is 144 Å². The number of rotatable bonds is 4. The van der Waals surface area contributed by atoms with Gasteiger partial charge in [0.2, 0.25) is 5.88 Å². The Morgan fingerprint density at radius 3 is 2.96 bits per heavy atom. The van der Waals surface area contributed by atoms with E-state index < -0.39 is 0 Å². The minimum atomic E-state index is -0.0418. The molecule has 3 rings (SSSR count). The van der Waals surface area contributed by atoms with Crippen LogP contribution in [0.2, 0.25) is 0 Å². The molecule has 3 atom stereocenters. The number of hydrogen-bond donors (Lipinski definition) is 1. The summed E-state index contributed by atoms with van der Waals surface area (Å²) in [6.07, 6.45) is 5.83. The number of ether oxygens (including phenoxy) is 2. The summed E-state index contributed by atoms with van der Waals surface area (Å²) in [5.41, 5.74) is 0.889. The van der Waals surface area contributed by atoms with Crippen LogP contribution in [0.3, 0.4) is 0 Å². The van der Waals surface area contributed by atoms with Crippen LogP contribution in [0.25, 0.3) is 0 Å². The maximum absolute atomic E-state index is 12.6. The van der Waals surface area contributed by atoms with E-state index in [4.69, 9.17) is 9.47 Å². The van der Waals surface area contributed by atoms with E-state index in [1.165, 1.54) is 6.42 Å². The molecule has 1 amide bonds. The molecule has 1 saturated heterocycles. The van der Waals surface area contributed by atoms with Gasteiger partial charge in [0.1, 0.15) is 6.10 Å². The van der Waals surface area contributed by atoms with Crippen LogP contribution in [0.4, 0.5) is 0 Å². The van der Waals surface area contributed by atoms with Gasteiger partial charge in [0.15, 0.2) is 0 Å². The van der Waals surface area contributed by atoms with Gasteiger partial charge in [-0.3, -0.25) is 4.79 Å². The van der Waals surface area contributed by atoms with E-state index in [1.807, 2.05) is 0 Å². The molecule has 1 saturated carbocycles. The van der Waals surface area contributed by atoms with Crippen molar-refractivity contribution in [1.29, 1.82) is 0 Å². The molecular formula is C19H28N2O3. The minimum absolute atomic E-state index is 0.0378. The Hall–Kier alpha value is -1.62. The molecule has 1 aliphatic heterocycles. The number of nitrogens with zero attached hydrogens (tertiary/aromatic N) is 1. The fraction of sp³-hybridized carbons (Fsp3) is 0.684. The van der Waals surface area contributed by atoms with E-state index in [-0.39, 0.29) is 23.5 Å². The molecule has 132 valence electrons. The van der Waals surface area contributed by atoms with Crippen molar-refractivity contribution in [1.82, 2.24) is 10.3 Å². The van der Waals surface area contributed by atoms with Gasteiger partial charge in [-0.1, -0.05) is 20.8 Å². The zero-order valence-electron chi connectivity index (χ0n) is 14.9. The number of amides is 1. The van der Waals surface area contributed by atoms with Crippen molar-refractivity contribution < 1.29 is 14.3 Å². The molecular weight excluding hydrogens is 304 g/mol. The van der Waals surface area contributed by atoms with Gasteiger partial charge in [0, 0.05) is 30.3 Å². The van der Waals surface area contributed by atoms with Crippen molar-refractivity contribution in [3.63, 3.8) is 0 Å². The summed E-state index contributed by atoms with van der Waals surface area (Å²) >= 11 is 0. The quantitative estimate of drug-likeness (QED) is 0.920. The van der Waals surface area contributed by atoms with Gasteiger partial charge in [0.05, 0.1) is 13.2 Å². The van der Waals surface area contributed by atoms with E-state index in [1.54, 1.807) is 18.3 Å². The molecule has 1 aromatic heterocycles. The van der Waals surface area contributed by atoms with E-state index in [0.29, 0.717) is 24.0 Å². The lowest BCUT2D eigenvalue weighted by atomic mass is 9.70. The van der Waals surface area contributed by atoms with E-state index in [0.717, 1.165) is 25.9 Å². The molecule has 5 heteroatoms. The maximum atomic E-state index is 12.6. The van der Waals surface area contributed by atoms with Crippen LogP contribution in [0.1, 0.15) is 56.8 Å². The highest BCUT2D eigenvalue weighted by atomic mass is 16.5. The van der Waals surface area contributed by atoms with Crippen molar-refractivity contribution in [3.8, 4) is 5.88 Å². The van der Waals surface area contributed by atoms with Crippen LogP contribution < -0.4 is 10.1 Å². The normalized spacial score (nSPS) is 29.2. The number of carbonyl (C=O) groups excluding carboxylic acids is 1. The third-order valence-electron chi connectivity index (χ3n) is 4.89. The molecule has 3 unspecified atom stereocenters. The van der Waals surface area contributed by atoms with Crippen molar-refractivity contribution in [2.24, 2.45) is 11.3 Å². The average Bonchev–Trinajstić information content (AvgIpc) is 2.98. The highest BCUT2D eigenvalue weighted by molar-refractivity contribution is 5.94. The first-order valence-corrected chi connectivity index (χ1v) is 8.93. The van der Waals surface area contributed by atoms with Crippen LogP contribution >= 0.6 is 0 Å². The van der Waals surface area contributed by atoms with Gasteiger partial charge in [-0.25, -0.2) is 4.98 Å². The van der Waals surface area contributed by atoms with Gasteiger partial charge in [-0.05, 0) is 36.7 Å². The molecule has 24 heavy (non-hydrogen) atoms. The Morgan fingerprint density at radius 1 is 1.42 bits per heavy atom. The Morgan fingerprint density at radius 2 is 2.25 bits per heavy atom. The highest BCUT2D eigenvalue weighted by Crippen LogP contribution is 2.38. The summed E-state index contributed by atoms with van der Waals surface area (Å²) in [6, 6.07) is 3.70. The molecule has 2 heterocycles. The van der Waals surface area contributed by atoms with Crippen molar-refractivity contribution >= 4 is 5.91 Å². The molecule has 5 nitrogen and oxygen atoms in total. The predicted octanol–water partition coefficient (Wildman–Crippen LogP) is 3.19. The monoisotopic (exact) mass is 332 g/mol. The average molecular weight is 332 g/mol. The molecule has 0 bridgehead atoms. The second-order valence-corrected chi connectivity index (χ2v) is 8.07. The van der Waals surface area contributed by atoms with Crippen LogP contribution in [-0.4, -0.2) is 36.3 Å².